The fourth-order valence-electron chi connectivity index (χ4n) is 1.59. The molecule has 0 saturated heterocycles. The van der Waals surface area contributed by atoms with Crippen molar-refractivity contribution in [1.29, 1.82) is 0 Å². The Hall–Kier alpha value is -0.350. The number of halogens is 1. The Morgan fingerprint density at radius 1 is 1.62 bits per heavy atom. The Morgan fingerprint density at radius 2 is 2.38 bits per heavy atom. The molecule has 2 nitrogen and oxygen atoms in total. The summed E-state index contributed by atoms with van der Waals surface area (Å²) in [5.74, 6) is 0.838. The second kappa shape index (κ2) is 5.32. The van der Waals surface area contributed by atoms with Gasteiger partial charge in [0, 0.05) is 16.2 Å². The smallest absolute Gasteiger partial charge is 0.261 e. The molecule has 1 N–H and O–H groups in total. The zero-order valence-corrected chi connectivity index (χ0v) is 11.7. The molecule has 1 heterocycles. The van der Waals surface area contributed by atoms with Crippen LogP contribution in [0.2, 0.25) is 0 Å². The molecule has 1 aromatic rings. The lowest BCUT2D eigenvalue weighted by atomic mass is 10.3. The molecule has 2 rings (SSSR count). The van der Waals surface area contributed by atoms with E-state index in [2.05, 4.69) is 28.2 Å². The normalized spacial score (nSPS) is 17.1. The number of aryl methyl sites for hydroxylation is 1. The summed E-state index contributed by atoms with van der Waals surface area (Å²) >= 11 is 5.20. The predicted molar refractivity (Wildman–Crippen MR) is 71.5 cm³/mol. The number of hydrogen-bond acceptors (Lipinski definition) is 2. The summed E-state index contributed by atoms with van der Waals surface area (Å²) in [7, 11) is 0. The van der Waals surface area contributed by atoms with Gasteiger partial charge in [0.15, 0.2) is 0 Å². The van der Waals surface area contributed by atoms with Crippen molar-refractivity contribution in [3.63, 3.8) is 0 Å². The van der Waals surface area contributed by atoms with E-state index in [1.807, 2.05) is 12.1 Å². The lowest BCUT2D eigenvalue weighted by Gasteiger charge is -2.08. The molecule has 1 unspecified atom stereocenters. The van der Waals surface area contributed by atoms with E-state index in [0.29, 0.717) is 4.83 Å². The second-order valence-electron chi connectivity index (χ2n) is 4.18. The van der Waals surface area contributed by atoms with Gasteiger partial charge >= 0.3 is 0 Å². The Morgan fingerprint density at radius 3 is 2.94 bits per heavy atom. The molecule has 1 amide bonds. The lowest BCUT2D eigenvalue weighted by molar-refractivity contribution is 0.0957. The third-order valence-corrected chi connectivity index (χ3v) is 5.12. The molecular weight excluding hydrogens is 286 g/mol. The van der Waals surface area contributed by atoms with Crippen molar-refractivity contribution in [2.75, 3.05) is 6.54 Å². The molecule has 1 atom stereocenters. The van der Waals surface area contributed by atoms with Crippen LogP contribution in [0.4, 0.5) is 0 Å². The number of amides is 1. The Bertz CT molecular complexity index is 373. The molecule has 1 saturated carbocycles. The summed E-state index contributed by atoms with van der Waals surface area (Å²) in [4.78, 5) is 14.3. The van der Waals surface area contributed by atoms with Gasteiger partial charge in [0.2, 0.25) is 0 Å². The highest BCUT2D eigenvalue weighted by atomic mass is 79.9. The summed E-state index contributed by atoms with van der Waals surface area (Å²) in [5.41, 5.74) is 0. The number of carbonyl (C=O) groups is 1. The van der Waals surface area contributed by atoms with Gasteiger partial charge in [0.05, 0.1) is 4.88 Å². The van der Waals surface area contributed by atoms with Crippen LogP contribution in [0.15, 0.2) is 12.1 Å². The number of hydrogen-bond donors (Lipinski definition) is 1. The van der Waals surface area contributed by atoms with Crippen LogP contribution in [0.3, 0.4) is 0 Å². The van der Waals surface area contributed by atoms with Gasteiger partial charge < -0.3 is 5.32 Å². The molecular formula is C12H16BrNOS. The topological polar surface area (TPSA) is 29.1 Å². The molecule has 16 heavy (non-hydrogen) atoms. The molecule has 1 aliphatic carbocycles. The molecule has 1 aromatic heterocycles. The van der Waals surface area contributed by atoms with Gasteiger partial charge in [-0.25, -0.2) is 0 Å². The van der Waals surface area contributed by atoms with E-state index < -0.39 is 0 Å². The van der Waals surface area contributed by atoms with Crippen molar-refractivity contribution >= 4 is 33.2 Å². The molecule has 4 heteroatoms. The van der Waals surface area contributed by atoms with Gasteiger partial charge in [-0.15, -0.1) is 11.3 Å². The van der Waals surface area contributed by atoms with Gasteiger partial charge in [0.25, 0.3) is 5.91 Å². The molecule has 0 radical (unpaired) electrons. The zero-order valence-electron chi connectivity index (χ0n) is 9.33. The summed E-state index contributed by atoms with van der Waals surface area (Å²) in [5, 5.41) is 2.98. The van der Waals surface area contributed by atoms with Crippen LogP contribution in [0.5, 0.6) is 0 Å². The first-order valence-electron chi connectivity index (χ1n) is 5.71. The van der Waals surface area contributed by atoms with E-state index in [1.165, 1.54) is 17.7 Å². The third-order valence-electron chi connectivity index (χ3n) is 2.83. The maximum atomic E-state index is 11.8. The van der Waals surface area contributed by atoms with E-state index >= 15 is 0 Å². The fraction of sp³-hybridized carbons (Fsp3) is 0.583. The van der Waals surface area contributed by atoms with Crippen molar-refractivity contribution in [2.24, 2.45) is 5.92 Å². The largest absolute Gasteiger partial charge is 0.350 e. The minimum absolute atomic E-state index is 0.0646. The van der Waals surface area contributed by atoms with E-state index in [9.17, 15) is 4.79 Å². The number of carbonyl (C=O) groups excluding carboxylic acids is 1. The number of thiophene rings is 1. The minimum Gasteiger partial charge on any atom is -0.350 e. The average Bonchev–Trinajstić information content (AvgIpc) is 3.03. The highest BCUT2D eigenvalue weighted by molar-refractivity contribution is 9.09. The standard InChI is InChI=1S/C12H16BrNOS/c1-2-9-5-6-11(16-9)12(15)14-7-10(13)8-3-4-8/h5-6,8,10H,2-4,7H2,1H3,(H,14,15). The summed E-state index contributed by atoms with van der Waals surface area (Å²) in [6.45, 7) is 2.85. The van der Waals surface area contributed by atoms with Crippen LogP contribution in [-0.4, -0.2) is 17.3 Å². The first kappa shape index (κ1) is 12.1. The van der Waals surface area contributed by atoms with Crippen LogP contribution in [0, 0.1) is 5.92 Å². The van der Waals surface area contributed by atoms with Crippen LogP contribution in [0.1, 0.15) is 34.3 Å². The van der Waals surface area contributed by atoms with Crippen LogP contribution < -0.4 is 5.32 Å². The van der Waals surface area contributed by atoms with Crippen molar-refractivity contribution in [2.45, 2.75) is 31.0 Å². The van der Waals surface area contributed by atoms with Gasteiger partial charge in [-0.05, 0) is 37.3 Å². The van der Waals surface area contributed by atoms with E-state index in [1.54, 1.807) is 11.3 Å². The van der Waals surface area contributed by atoms with Crippen molar-refractivity contribution in [3.05, 3.63) is 21.9 Å². The van der Waals surface area contributed by atoms with Gasteiger partial charge in [-0.1, -0.05) is 22.9 Å². The Balaban J connectivity index is 1.82. The molecule has 0 spiro atoms. The SMILES string of the molecule is CCc1ccc(C(=O)NCC(Br)C2CC2)s1. The van der Waals surface area contributed by atoms with Crippen molar-refractivity contribution < 1.29 is 4.79 Å². The van der Waals surface area contributed by atoms with Crippen LogP contribution in [-0.2, 0) is 6.42 Å². The summed E-state index contributed by atoms with van der Waals surface area (Å²) in [6.07, 6.45) is 3.59. The van der Waals surface area contributed by atoms with Gasteiger partial charge in [0.1, 0.15) is 0 Å². The molecule has 0 aromatic carbocycles. The second-order valence-corrected chi connectivity index (χ2v) is 6.53. The Kier molecular flexibility index (Phi) is 4.03. The molecule has 1 aliphatic rings. The van der Waals surface area contributed by atoms with Gasteiger partial charge in [-0.3, -0.25) is 4.79 Å². The highest BCUT2D eigenvalue weighted by Gasteiger charge is 2.29. The first-order valence-corrected chi connectivity index (χ1v) is 7.45. The van der Waals surface area contributed by atoms with E-state index in [-0.39, 0.29) is 5.91 Å². The lowest BCUT2D eigenvalue weighted by Crippen LogP contribution is -2.29. The third kappa shape index (κ3) is 3.08. The van der Waals surface area contributed by atoms with Crippen molar-refractivity contribution in [3.8, 4) is 0 Å². The molecule has 1 fully saturated rings. The zero-order chi connectivity index (χ0) is 11.5. The maximum Gasteiger partial charge on any atom is 0.261 e. The minimum atomic E-state index is 0.0646. The fourth-order valence-corrected chi connectivity index (χ4v) is 3.15. The van der Waals surface area contributed by atoms with E-state index in [4.69, 9.17) is 0 Å². The maximum absolute atomic E-state index is 11.8. The van der Waals surface area contributed by atoms with Gasteiger partial charge in [-0.2, -0.15) is 0 Å². The molecule has 0 aliphatic heterocycles. The van der Waals surface area contributed by atoms with Crippen LogP contribution in [0.25, 0.3) is 0 Å². The first-order chi connectivity index (χ1) is 7.70. The number of nitrogens with one attached hydrogen (secondary N) is 1. The monoisotopic (exact) mass is 301 g/mol. The predicted octanol–water partition coefficient (Wildman–Crippen LogP) is 3.21. The number of rotatable bonds is 5. The van der Waals surface area contributed by atoms with Crippen LogP contribution >= 0.6 is 27.3 Å². The quantitative estimate of drug-likeness (QED) is 0.831. The number of alkyl halides is 1. The van der Waals surface area contributed by atoms with Crippen molar-refractivity contribution in [1.82, 2.24) is 5.32 Å². The highest BCUT2D eigenvalue weighted by Crippen LogP contribution is 2.36. The summed E-state index contributed by atoms with van der Waals surface area (Å²) in [6, 6.07) is 3.95. The van der Waals surface area contributed by atoms with E-state index in [0.717, 1.165) is 23.8 Å². The molecule has 88 valence electrons. The average molecular weight is 302 g/mol. The Labute approximate surface area is 109 Å². The molecule has 0 bridgehead atoms. The summed E-state index contributed by atoms with van der Waals surface area (Å²) < 4.78 is 0.